The molecule has 1 nitrogen and oxygen atoms in total. The Hall–Kier alpha value is -0.200. The number of hydrogen-bond donors (Lipinski definition) is 0. The van der Waals surface area contributed by atoms with Crippen LogP contribution in [0, 0.1) is 0 Å². The Morgan fingerprint density at radius 3 is 2.59 bits per heavy atom. The molecule has 0 N–H and O–H groups in total. The Bertz CT molecular complexity index is 423. The van der Waals surface area contributed by atoms with E-state index >= 15 is 0 Å². The maximum absolute atomic E-state index is 12.2. The highest BCUT2D eigenvalue weighted by atomic mass is 79.9. The number of ketones is 1. The molecular formula is C10H7BrClF3OS. The maximum atomic E-state index is 12.2. The molecule has 0 saturated carbocycles. The van der Waals surface area contributed by atoms with Crippen molar-refractivity contribution in [1.29, 1.82) is 0 Å². The van der Waals surface area contributed by atoms with Gasteiger partial charge in [0.25, 0.3) is 0 Å². The lowest BCUT2D eigenvalue weighted by Crippen LogP contribution is -2.04. The Labute approximate surface area is 114 Å². The summed E-state index contributed by atoms with van der Waals surface area (Å²) in [7, 11) is 0. The van der Waals surface area contributed by atoms with Gasteiger partial charge in [0.1, 0.15) is 0 Å². The first-order valence-electron chi connectivity index (χ1n) is 4.43. The van der Waals surface area contributed by atoms with Crippen molar-refractivity contribution < 1.29 is 18.0 Å². The zero-order valence-electron chi connectivity index (χ0n) is 8.35. The molecule has 0 aliphatic rings. The first-order chi connectivity index (χ1) is 7.81. The van der Waals surface area contributed by atoms with Gasteiger partial charge in [0.15, 0.2) is 5.78 Å². The Balaban J connectivity index is 2.90. The number of Topliss-reactive ketones (excluding diaryl/α,β-unsaturated/α-hetero) is 1. The van der Waals surface area contributed by atoms with Gasteiger partial charge >= 0.3 is 5.51 Å². The average molecular weight is 348 g/mol. The average Bonchev–Trinajstić information content (AvgIpc) is 2.21. The van der Waals surface area contributed by atoms with Gasteiger partial charge in [-0.3, -0.25) is 4.79 Å². The van der Waals surface area contributed by atoms with Crippen molar-refractivity contribution >= 4 is 45.1 Å². The van der Waals surface area contributed by atoms with Crippen molar-refractivity contribution in [1.82, 2.24) is 0 Å². The van der Waals surface area contributed by atoms with Gasteiger partial charge in [-0.2, -0.15) is 13.2 Å². The second kappa shape index (κ2) is 6.11. The van der Waals surface area contributed by atoms with Crippen molar-refractivity contribution in [2.45, 2.75) is 16.8 Å². The largest absolute Gasteiger partial charge is 0.446 e. The highest BCUT2D eigenvalue weighted by Crippen LogP contribution is 2.40. The van der Waals surface area contributed by atoms with Gasteiger partial charge in [-0.25, -0.2) is 0 Å². The summed E-state index contributed by atoms with van der Waals surface area (Å²) in [6, 6.07) is 4.42. The maximum Gasteiger partial charge on any atom is 0.446 e. The summed E-state index contributed by atoms with van der Waals surface area (Å²) >= 11 is 8.16. The molecule has 0 aliphatic carbocycles. The van der Waals surface area contributed by atoms with E-state index < -0.39 is 5.51 Å². The predicted octanol–water partition coefficient (Wildman–Crippen LogP) is 4.41. The molecule has 0 radical (unpaired) electrons. The third kappa shape index (κ3) is 5.31. The molecule has 1 aromatic rings. The topological polar surface area (TPSA) is 17.1 Å². The summed E-state index contributed by atoms with van der Waals surface area (Å²) in [5.41, 5.74) is -3.83. The Morgan fingerprint density at radius 2 is 2.06 bits per heavy atom. The quantitative estimate of drug-likeness (QED) is 0.593. The highest BCUT2D eigenvalue weighted by Gasteiger charge is 2.30. The van der Waals surface area contributed by atoms with Crippen molar-refractivity contribution in [3.05, 3.63) is 28.2 Å². The second-order valence-corrected chi connectivity index (χ2v) is 5.39. The van der Waals surface area contributed by atoms with E-state index in [4.69, 9.17) is 11.6 Å². The minimum Gasteiger partial charge on any atom is -0.298 e. The third-order valence-corrected chi connectivity index (χ3v) is 3.81. The molecule has 0 fully saturated rings. The summed E-state index contributed by atoms with van der Waals surface area (Å²) < 4.78 is 37.1. The molecule has 0 spiro atoms. The molecule has 1 rings (SSSR count). The van der Waals surface area contributed by atoms with Crippen molar-refractivity contribution in [3.63, 3.8) is 0 Å². The number of carbonyl (C=O) groups is 1. The van der Waals surface area contributed by atoms with Crippen LogP contribution >= 0.6 is 39.3 Å². The van der Waals surface area contributed by atoms with E-state index in [1.807, 2.05) is 0 Å². The lowest BCUT2D eigenvalue weighted by atomic mass is 10.1. The van der Waals surface area contributed by atoms with Crippen LogP contribution < -0.4 is 0 Å². The molecule has 17 heavy (non-hydrogen) atoms. The monoisotopic (exact) mass is 346 g/mol. The normalized spacial score (nSPS) is 11.6. The fourth-order valence-electron chi connectivity index (χ4n) is 1.14. The minimum atomic E-state index is -4.35. The van der Waals surface area contributed by atoms with Crippen molar-refractivity contribution in [2.75, 3.05) is 5.88 Å². The molecule has 0 atom stereocenters. The van der Waals surface area contributed by atoms with Gasteiger partial charge < -0.3 is 0 Å². The molecule has 0 saturated heterocycles. The standard InChI is InChI=1S/C10H7BrClF3OS/c11-8-2-1-6(3-7(16)5-12)4-9(8)17-10(13,14)15/h1-2,4H,3,5H2. The van der Waals surface area contributed by atoms with Crippen LogP contribution in [0.5, 0.6) is 0 Å². The Morgan fingerprint density at radius 1 is 1.41 bits per heavy atom. The number of rotatable bonds is 4. The molecule has 0 unspecified atom stereocenters. The lowest BCUT2D eigenvalue weighted by Gasteiger charge is -2.09. The fraction of sp³-hybridized carbons (Fsp3) is 0.300. The summed E-state index contributed by atoms with van der Waals surface area (Å²) in [6.07, 6.45) is 0.0438. The molecule has 0 aromatic heterocycles. The first-order valence-corrected chi connectivity index (χ1v) is 6.58. The van der Waals surface area contributed by atoms with Gasteiger partial charge in [0.05, 0.1) is 5.88 Å². The zero-order valence-corrected chi connectivity index (χ0v) is 11.5. The van der Waals surface area contributed by atoms with Crippen LogP contribution in [0.1, 0.15) is 5.56 Å². The number of alkyl halides is 4. The third-order valence-electron chi connectivity index (χ3n) is 1.77. The molecule has 0 bridgehead atoms. The summed E-state index contributed by atoms with van der Waals surface area (Å²) in [6.45, 7) is 0. The van der Waals surface area contributed by atoms with Crippen LogP contribution in [0.4, 0.5) is 13.2 Å². The van der Waals surface area contributed by atoms with E-state index in [9.17, 15) is 18.0 Å². The number of carbonyl (C=O) groups excluding carboxylic acids is 1. The molecular weight excluding hydrogens is 341 g/mol. The number of hydrogen-bond acceptors (Lipinski definition) is 2. The number of benzene rings is 1. The minimum absolute atomic E-state index is 0.0392. The van der Waals surface area contributed by atoms with Crippen molar-refractivity contribution in [3.8, 4) is 0 Å². The van der Waals surface area contributed by atoms with Crippen LogP contribution in [0.2, 0.25) is 0 Å². The SMILES string of the molecule is O=C(CCl)Cc1ccc(Br)c(SC(F)(F)F)c1. The molecule has 0 heterocycles. The molecule has 0 aliphatic heterocycles. The van der Waals surface area contributed by atoms with Gasteiger partial charge in [-0.15, -0.1) is 11.6 Å². The number of halogens is 5. The van der Waals surface area contributed by atoms with E-state index in [0.717, 1.165) is 0 Å². The van der Waals surface area contributed by atoms with Gasteiger partial charge in [-0.1, -0.05) is 6.07 Å². The van der Waals surface area contributed by atoms with E-state index in [1.165, 1.54) is 12.1 Å². The number of thioether (sulfide) groups is 1. The first kappa shape index (κ1) is 14.9. The molecule has 0 amide bonds. The molecule has 94 valence electrons. The van der Waals surface area contributed by atoms with E-state index in [0.29, 0.717) is 10.0 Å². The van der Waals surface area contributed by atoms with Gasteiger partial charge in [-0.05, 0) is 45.4 Å². The fourth-order valence-corrected chi connectivity index (χ4v) is 2.34. The second-order valence-electron chi connectivity index (χ2n) is 3.16. The molecule has 7 heteroatoms. The zero-order chi connectivity index (χ0) is 13.1. The van der Waals surface area contributed by atoms with E-state index in [2.05, 4.69) is 15.9 Å². The van der Waals surface area contributed by atoms with Crippen LogP contribution in [0.3, 0.4) is 0 Å². The van der Waals surface area contributed by atoms with Gasteiger partial charge in [0, 0.05) is 15.8 Å². The predicted molar refractivity (Wildman–Crippen MR) is 65.5 cm³/mol. The van der Waals surface area contributed by atoms with Crippen LogP contribution in [-0.4, -0.2) is 17.2 Å². The summed E-state index contributed by atoms with van der Waals surface area (Å²) in [5.74, 6) is -0.366. The molecule has 1 aromatic carbocycles. The van der Waals surface area contributed by atoms with E-state index in [-0.39, 0.29) is 34.7 Å². The van der Waals surface area contributed by atoms with Gasteiger partial charge in [0.2, 0.25) is 0 Å². The van der Waals surface area contributed by atoms with Crippen LogP contribution in [-0.2, 0) is 11.2 Å². The van der Waals surface area contributed by atoms with Crippen LogP contribution in [0.15, 0.2) is 27.6 Å². The van der Waals surface area contributed by atoms with E-state index in [1.54, 1.807) is 6.07 Å². The summed E-state index contributed by atoms with van der Waals surface area (Å²) in [5, 5.41) is 0. The lowest BCUT2D eigenvalue weighted by molar-refractivity contribution is -0.116. The Kier molecular flexibility index (Phi) is 5.34. The smallest absolute Gasteiger partial charge is 0.298 e. The van der Waals surface area contributed by atoms with Crippen molar-refractivity contribution in [2.24, 2.45) is 0 Å². The van der Waals surface area contributed by atoms with Crippen LogP contribution in [0.25, 0.3) is 0 Å². The highest BCUT2D eigenvalue weighted by molar-refractivity contribution is 9.10. The summed E-state index contributed by atoms with van der Waals surface area (Å²) in [4.78, 5) is 11.1.